The van der Waals surface area contributed by atoms with Crippen molar-refractivity contribution in [1.29, 1.82) is 0 Å². The molecule has 0 spiro atoms. The lowest BCUT2D eigenvalue weighted by atomic mass is 9.95. The Balaban J connectivity index is 1.46. The average molecular weight is 564 g/mol. The maximum atomic E-state index is 11.8. The van der Waals surface area contributed by atoms with Crippen LogP contribution in [-0.4, -0.2) is 96.4 Å². The van der Waals surface area contributed by atoms with Crippen molar-refractivity contribution < 1.29 is 25.2 Å². The minimum Gasteiger partial charge on any atom is -0.394 e. The number of hydrogen-bond donors (Lipinski definition) is 7. The molecule has 2 fully saturated rings. The molecule has 218 valence electrons. The van der Waals surface area contributed by atoms with Gasteiger partial charge in [0.1, 0.15) is 18.8 Å². The number of anilines is 1. The Hall–Kier alpha value is -3.60. The van der Waals surface area contributed by atoms with Gasteiger partial charge >= 0.3 is 0 Å². The van der Waals surface area contributed by atoms with Crippen molar-refractivity contribution in [3.8, 4) is 11.8 Å². The zero-order valence-electron chi connectivity index (χ0n) is 22.8. The molecule has 2 aromatic heterocycles. The van der Waals surface area contributed by atoms with Crippen molar-refractivity contribution in [3.63, 3.8) is 0 Å². The maximum Gasteiger partial charge on any atom is 0.246 e. The second-order valence-corrected chi connectivity index (χ2v) is 10.7. The molecule has 0 radical (unpaired) electrons. The highest BCUT2D eigenvalue weighted by molar-refractivity contribution is 5.84. The van der Waals surface area contributed by atoms with Gasteiger partial charge in [0.2, 0.25) is 11.7 Å². The third-order valence-corrected chi connectivity index (χ3v) is 7.86. The molecule has 1 aliphatic carbocycles. The van der Waals surface area contributed by atoms with Crippen LogP contribution >= 0.6 is 0 Å². The highest BCUT2D eigenvalue weighted by Gasteiger charge is 2.43. The molecule has 5 atom stereocenters. The van der Waals surface area contributed by atoms with Gasteiger partial charge in [0.25, 0.3) is 0 Å². The van der Waals surface area contributed by atoms with Gasteiger partial charge in [-0.15, -0.1) is 0 Å². The predicted octanol–water partition coefficient (Wildman–Crippen LogP) is -0.273. The molecule has 0 bridgehead atoms. The molecular weight excluding hydrogens is 526 g/mol. The summed E-state index contributed by atoms with van der Waals surface area (Å²) >= 11 is 0. The molecule has 1 amide bonds. The van der Waals surface area contributed by atoms with Gasteiger partial charge in [0.05, 0.1) is 31.1 Å². The second-order valence-electron chi connectivity index (χ2n) is 10.7. The van der Waals surface area contributed by atoms with Gasteiger partial charge in [-0.3, -0.25) is 4.79 Å². The number of aliphatic hydroxyl groups is 4. The van der Waals surface area contributed by atoms with Crippen molar-refractivity contribution in [2.75, 3.05) is 31.6 Å². The van der Waals surface area contributed by atoms with E-state index in [-0.39, 0.29) is 24.9 Å². The predicted molar refractivity (Wildman–Crippen MR) is 152 cm³/mol. The molecular formula is C29H37N7O5. The molecule has 1 aliphatic heterocycles. The van der Waals surface area contributed by atoms with Crippen molar-refractivity contribution in [2.24, 2.45) is 5.92 Å². The van der Waals surface area contributed by atoms with Crippen molar-refractivity contribution in [3.05, 3.63) is 48.0 Å². The fourth-order valence-corrected chi connectivity index (χ4v) is 5.61. The smallest absolute Gasteiger partial charge is 0.246 e. The molecule has 2 aliphatic rings. The number of nitrogens with zero attached hydrogens (tertiary/aromatic N) is 4. The number of carbonyl (C=O) groups is 1. The number of rotatable bonds is 9. The Morgan fingerprint density at radius 2 is 1.90 bits per heavy atom. The summed E-state index contributed by atoms with van der Waals surface area (Å²) in [6, 6.07) is 8.07. The molecule has 12 nitrogen and oxygen atoms in total. The summed E-state index contributed by atoms with van der Waals surface area (Å²) in [6.07, 6.45) is 2.72. The highest BCUT2D eigenvalue weighted by Crippen LogP contribution is 2.34. The van der Waals surface area contributed by atoms with Crippen LogP contribution in [0.2, 0.25) is 0 Å². The van der Waals surface area contributed by atoms with Crippen LogP contribution in [0.1, 0.15) is 43.1 Å². The number of aliphatic hydroxyl groups excluding tert-OH is 4. The fourth-order valence-electron chi connectivity index (χ4n) is 5.61. The van der Waals surface area contributed by atoms with E-state index in [1.165, 1.54) is 6.33 Å². The van der Waals surface area contributed by atoms with E-state index in [0.29, 0.717) is 29.3 Å². The van der Waals surface area contributed by atoms with Crippen LogP contribution in [0.5, 0.6) is 0 Å². The summed E-state index contributed by atoms with van der Waals surface area (Å²) in [6.45, 7) is 1.12. The molecule has 1 aromatic carbocycles. The molecule has 5 rings (SSSR count). The van der Waals surface area contributed by atoms with Gasteiger partial charge in [-0.05, 0) is 56.2 Å². The van der Waals surface area contributed by atoms with Crippen molar-refractivity contribution >= 4 is 22.9 Å². The topological polar surface area (TPSA) is 178 Å². The van der Waals surface area contributed by atoms with E-state index in [4.69, 9.17) is 5.11 Å². The van der Waals surface area contributed by atoms with Crippen molar-refractivity contribution in [2.45, 2.75) is 62.4 Å². The number of benzene rings is 1. The van der Waals surface area contributed by atoms with Crippen LogP contribution in [0.4, 0.5) is 5.82 Å². The Morgan fingerprint density at radius 1 is 1.12 bits per heavy atom. The zero-order valence-corrected chi connectivity index (χ0v) is 22.8. The summed E-state index contributed by atoms with van der Waals surface area (Å²) in [5.74, 6) is 6.91. The van der Waals surface area contributed by atoms with Gasteiger partial charge in [-0.2, -0.15) is 0 Å². The van der Waals surface area contributed by atoms with E-state index in [1.807, 2.05) is 30.3 Å². The molecule has 1 saturated carbocycles. The number of piperidine rings is 1. The summed E-state index contributed by atoms with van der Waals surface area (Å²) < 4.78 is 1.67. The Labute approximate surface area is 238 Å². The van der Waals surface area contributed by atoms with Crippen LogP contribution in [0, 0.1) is 17.8 Å². The van der Waals surface area contributed by atoms with Gasteiger partial charge in [0.15, 0.2) is 17.0 Å². The molecule has 5 unspecified atom stereocenters. The Kier molecular flexibility index (Phi) is 9.43. The summed E-state index contributed by atoms with van der Waals surface area (Å²) in [5, 5.41) is 50.0. The quantitative estimate of drug-likeness (QED) is 0.171. The SMILES string of the molecule is O=C(CO)NC1CC(n2cnc3c(NC(CO)Cc4ccccc4)nc(C#CCC4CCNCC4)nc32)C(O)C1O. The first-order valence-corrected chi connectivity index (χ1v) is 14.1. The standard InChI is InChI=1S/C29H37N7O5/c37-15-20(13-19-5-2-1-3-6-19)32-28-25-29(35-23(34-28)8-4-7-18-9-11-30-12-10-18)36(17-31-25)22-14-21(26(40)27(22)41)33-24(39)16-38/h1-3,5-6,17-18,20-22,26-27,30,37-38,40-41H,7,9-16H2,(H,33,39)(H,32,34,35). The second kappa shape index (κ2) is 13.4. The molecule has 12 heteroatoms. The molecule has 7 N–H and O–H groups in total. The normalized spacial score (nSPS) is 23.6. The number of amides is 1. The van der Waals surface area contributed by atoms with E-state index >= 15 is 0 Å². The number of aromatic nitrogens is 4. The van der Waals surface area contributed by atoms with E-state index in [2.05, 4.69) is 42.7 Å². The minimum atomic E-state index is -1.23. The van der Waals surface area contributed by atoms with E-state index in [1.54, 1.807) is 4.57 Å². The largest absolute Gasteiger partial charge is 0.394 e. The zero-order chi connectivity index (χ0) is 28.8. The van der Waals surface area contributed by atoms with Crippen LogP contribution in [0.25, 0.3) is 11.2 Å². The first kappa shape index (κ1) is 28.9. The van der Waals surface area contributed by atoms with Crippen molar-refractivity contribution in [1.82, 2.24) is 30.2 Å². The lowest BCUT2D eigenvalue weighted by Crippen LogP contribution is -2.44. The van der Waals surface area contributed by atoms with Gasteiger partial charge in [-0.25, -0.2) is 15.0 Å². The third-order valence-electron chi connectivity index (χ3n) is 7.86. The average Bonchev–Trinajstić information content (AvgIpc) is 3.54. The molecule has 1 saturated heterocycles. The van der Waals surface area contributed by atoms with Gasteiger partial charge < -0.3 is 40.9 Å². The first-order chi connectivity index (χ1) is 20.0. The lowest BCUT2D eigenvalue weighted by Gasteiger charge is -2.20. The third kappa shape index (κ3) is 6.83. The number of carbonyl (C=O) groups excluding carboxylic acids is 1. The van der Waals surface area contributed by atoms with Crippen LogP contribution in [0.3, 0.4) is 0 Å². The molecule has 41 heavy (non-hydrogen) atoms. The maximum absolute atomic E-state index is 11.8. The van der Waals surface area contributed by atoms with Crippen LogP contribution in [0.15, 0.2) is 36.7 Å². The fraction of sp³-hybridized carbons (Fsp3) is 0.517. The molecule has 3 heterocycles. The summed E-state index contributed by atoms with van der Waals surface area (Å²) in [7, 11) is 0. The number of hydrogen-bond acceptors (Lipinski definition) is 10. The summed E-state index contributed by atoms with van der Waals surface area (Å²) in [5.41, 5.74) is 1.90. The van der Waals surface area contributed by atoms with Crippen LogP contribution < -0.4 is 16.0 Å². The number of imidazole rings is 1. The number of fused-ring (bicyclic) bond motifs is 1. The Bertz CT molecular complexity index is 1380. The summed E-state index contributed by atoms with van der Waals surface area (Å²) in [4.78, 5) is 25.6. The van der Waals surface area contributed by atoms with E-state index in [9.17, 15) is 20.1 Å². The lowest BCUT2D eigenvalue weighted by molar-refractivity contribution is -0.125. The van der Waals surface area contributed by atoms with Gasteiger partial charge in [0, 0.05) is 6.42 Å². The molecule has 3 aromatic rings. The monoisotopic (exact) mass is 563 g/mol. The highest BCUT2D eigenvalue weighted by atomic mass is 16.3. The first-order valence-electron chi connectivity index (χ1n) is 14.1. The van der Waals surface area contributed by atoms with E-state index < -0.39 is 36.8 Å². The van der Waals surface area contributed by atoms with E-state index in [0.717, 1.165) is 37.9 Å². The van der Waals surface area contributed by atoms with Gasteiger partial charge in [-0.1, -0.05) is 36.3 Å². The number of nitrogens with one attached hydrogen (secondary N) is 3. The minimum absolute atomic E-state index is 0.141. The Morgan fingerprint density at radius 3 is 2.63 bits per heavy atom. The van der Waals surface area contributed by atoms with Crippen LogP contribution in [-0.2, 0) is 11.2 Å².